The summed E-state index contributed by atoms with van der Waals surface area (Å²) in [6.07, 6.45) is 17.3. The van der Waals surface area contributed by atoms with Crippen molar-refractivity contribution in [2.45, 2.75) is 103 Å². The fourth-order valence-electron chi connectivity index (χ4n) is 4.53. The summed E-state index contributed by atoms with van der Waals surface area (Å²) in [5.41, 5.74) is 0. The van der Waals surface area contributed by atoms with Crippen LogP contribution in [0, 0.1) is 0 Å². The monoisotopic (exact) mass is 671 g/mol. The highest BCUT2D eigenvalue weighted by Gasteiger charge is 2.13. The van der Waals surface area contributed by atoms with Crippen molar-refractivity contribution in [3.8, 4) is 0 Å². The zero-order valence-corrected chi connectivity index (χ0v) is 28.2. The van der Waals surface area contributed by atoms with Gasteiger partial charge >= 0.3 is 5.97 Å². The minimum absolute atomic E-state index is 0.00246. The summed E-state index contributed by atoms with van der Waals surface area (Å²) in [5, 5.41) is 29.0. The van der Waals surface area contributed by atoms with Crippen LogP contribution in [0.4, 0.5) is 0 Å². The first-order valence-corrected chi connectivity index (χ1v) is 17.0. The average molecular weight is 672 g/mol. The third kappa shape index (κ3) is 27.6. The number of unbranched alkanes of at least 4 members (excludes halogenated alkanes) is 12. The van der Waals surface area contributed by atoms with E-state index >= 15 is 0 Å². The van der Waals surface area contributed by atoms with E-state index in [1.54, 1.807) is 0 Å². The maximum absolute atomic E-state index is 12.0. The first kappa shape index (κ1) is 41.8. The van der Waals surface area contributed by atoms with Gasteiger partial charge in [-0.1, -0.05) is 75.8 Å². The van der Waals surface area contributed by atoms with Crippen molar-refractivity contribution >= 4 is 23.7 Å². The number of aromatic nitrogens is 4. The summed E-state index contributed by atoms with van der Waals surface area (Å²) in [5.74, 6) is -1.14. The van der Waals surface area contributed by atoms with Crippen LogP contribution in [0.15, 0.2) is 0 Å². The molecule has 16 nitrogen and oxygen atoms in total. The Hall–Kier alpha value is -3.21. The number of hydrogen-bond acceptors (Lipinski definition) is 11. The van der Waals surface area contributed by atoms with E-state index in [1.807, 2.05) is 0 Å². The van der Waals surface area contributed by atoms with Gasteiger partial charge in [-0.15, -0.1) is 10.2 Å². The maximum Gasteiger partial charge on any atom is 0.325 e. The Morgan fingerprint density at radius 1 is 0.702 bits per heavy atom. The summed E-state index contributed by atoms with van der Waals surface area (Å²) >= 11 is 0. The molecule has 0 saturated carbocycles. The minimum Gasteiger partial charge on any atom is -0.480 e. The Morgan fingerprint density at radius 2 is 1.23 bits per heavy atom. The number of tetrazole rings is 1. The van der Waals surface area contributed by atoms with E-state index in [4.69, 9.17) is 24.2 Å². The van der Waals surface area contributed by atoms with E-state index in [9.17, 15) is 19.2 Å². The number of aryl methyl sites for hydroxylation is 1. The zero-order chi connectivity index (χ0) is 34.2. The molecule has 0 radical (unpaired) electrons. The first-order valence-electron chi connectivity index (χ1n) is 17.0. The molecule has 3 amide bonds. The van der Waals surface area contributed by atoms with Gasteiger partial charge in [-0.2, -0.15) is 5.21 Å². The van der Waals surface area contributed by atoms with E-state index in [0.717, 1.165) is 36.6 Å². The molecule has 270 valence electrons. The van der Waals surface area contributed by atoms with Gasteiger partial charge in [0, 0.05) is 32.9 Å². The van der Waals surface area contributed by atoms with Gasteiger partial charge in [0.05, 0.1) is 39.6 Å². The van der Waals surface area contributed by atoms with Crippen LogP contribution in [-0.2, 0) is 44.6 Å². The van der Waals surface area contributed by atoms with Gasteiger partial charge in [0.1, 0.15) is 13.2 Å². The van der Waals surface area contributed by atoms with E-state index in [2.05, 4.69) is 31.3 Å². The molecule has 16 heteroatoms. The molecule has 0 atom stereocenters. The SMILES string of the molecule is CC(=O)N(CC(=O)O)OCCOCCNC(=O)COCCOCCNC(=O)CCCCCCCCCCCCCCCc1nn[nH]n1. The van der Waals surface area contributed by atoms with Gasteiger partial charge < -0.3 is 30.0 Å². The van der Waals surface area contributed by atoms with E-state index in [1.165, 1.54) is 71.1 Å². The second-order valence-corrected chi connectivity index (χ2v) is 11.2. The third-order valence-electron chi connectivity index (χ3n) is 7.04. The second kappa shape index (κ2) is 30.1. The molecule has 47 heavy (non-hydrogen) atoms. The first-order chi connectivity index (χ1) is 22.9. The average Bonchev–Trinajstić information content (AvgIpc) is 3.56. The smallest absolute Gasteiger partial charge is 0.325 e. The van der Waals surface area contributed by atoms with Crippen molar-refractivity contribution in [1.82, 2.24) is 36.3 Å². The summed E-state index contributed by atoms with van der Waals surface area (Å²) in [7, 11) is 0. The number of aliphatic carboxylic acids is 1. The van der Waals surface area contributed by atoms with Gasteiger partial charge in [0.15, 0.2) is 5.82 Å². The number of rotatable bonds is 33. The highest BCUT2D eigenvalue weighted by molar-refractivity contribution is 5.78. The standard InChI is InChI=1S/C31H57N7O9/c1-27(39)38(25-31(42)43)47-24-23-45-20-18-33-30(41)26-46-22-21-44-19-17-32-29(40)16-14-12-10-8-6-4-2-3-5-7-9-11-13-15-28-34-36-37-35-28/h2-26H2,1H3,(H,32,40)(H,33,41)(H,42,43)(H,34,35,36,37). The molecule has 0 aromatic carbocycles. The second-order valence-electron chi connectivity index (χ2n) is 11.2. The molecule has 1 aromatic rings. The fraction of sp³-hybridized carbons (Fsp3) is 0.839. The molecule has 0 aliphatic rings. The Morgan fingerprint density at radius 3 is 1.79 bits per heavy atom. The molecule has 1 heterocycles. The van der Waals surface area contributed by atoms with Crippen LogP contribution in [-0.4, -0.2) is 120 Å². The normalized spacial score (nSPS) is 11.0. The number of carbonyl (C=O) groups is 4. The van der Waals surface area contributed by atoms with Crippen LogP contribution in [0.5, 0.6) is 0 Å². The lowest BCUT2D eigenvalue weighted by Crippen LogP contribution is -2.35. The Kier molecular flexibility index (Phi) is 26.8. The van der Waals surface area contributed by atoms with Crippen LogP contribution >= 0.6 is 0 Å². The van der Waals surface area contributed by atoms with E-state index in [-0.39, 0.29) is 51.4 Å². The van der Waals surface area contributed by atoms with Crippen LogP contribution in [0.25, 0.3) is 0 Å². The highest BCUT2D eigenvalue weighted by atomic mass is 16.7. The Balaban J connectivity index is 1.76. The summed E-state index contributed by atoms with van der Waals surface area (Å²) in [6.45, 7) is 2.53. The zero-order valence-electron chi connectivity index (χ0n) is 28.2. The van der Waals surface area contributed by atoms with Gasteiger partial charge in [-0.3, -0.25) is 24.0 Å². The molecule has 0 aliphatic heterocycles. The molecule has 1 rings (SSSR count). The lowest BCUT2D eigenvalue weighted by atomic mass is 10.0. The van der Waals surface area contributed by atoms with E-state index in [0.29, 0.717) is 26.2 Å². The molecule has 1 aromatic heterocycles. The predicted molar refractivity (Wildman–Crippen MR) is 172 cm³/mol. The lowest BCUT2D eigenvalue weighted by molar-refractivity contribution is -0.194. The molecule has 0 saturated heterocycles. The van der Waals surface area contributed by atoms with Crippen LogP contribution < -0.4 is 10.6 Å². The molecule has 0 bridgehead atoms. The number of nitrogens with one attached hydrogen (secondary N) is 3. The van der Waals surface area contributed by atoms with Crippen molar-refractivity contribution in [2.75, 3.05) is 65.9 Å². The number of carbonyl (C=O) groups excluding carboxylic acids is 3. The third-order valence-corrected chi connectivity index (χ3v) is 7.04. The van der Waals surface area contributed by atoms with Crippen LogP contribution in [0.2, 0.25) is 0 Å². The predicted octanol–water partition coefficient (Wildman–Crippen LogP) is 2.35. The maximum atomic E-state index is 12.0. The number of carboxylic acid groups (broad SMARTS) is 1. The quantitative estimate of drug-likeness (QED) is 0.0628. The van der Waals surface area contributed by atoms with Gasteiger partial charge in [-0.05, 0) is 12.8 Å². The lowest BCUT2D eigenvalue weighted by Gasteiger charge is -2.17. The minimum atomic E-state index is -1.18. The highest BCUT2D eigenvalue weighted by Crippen LogP contribution is 2.13. The molecule has 0 aliphatic carbocycles. The van der Waals surface area contributed by atoms with Gasteiger partial charge in [0.2, 0.25) is 17.7 Å². The number of aromatic amines is 1. The number of ether oxygens (including phenoxy) is 3. The van der Waals surface area contributed by atoms with Gasteiger partial charge in [-0.25, -0.2) is 5.06 Å². The van der Waals surface area contributed by atoms with Crippen LogP contribution in [0.1, 0.15) is 103 Å². The Labute approximate surface area is 278 Å². The number of amides is 3. The van der Waals surface area contributed by atoms with E-state index < -0.39 is 18.4 Å². The topological polar surface area (TPSA) is 207 Å². The Bertz CT molecular complexity index is 938. The summed E-state index contributed by atoms with van der Waals surface area (Å²) in [4.78, 5) is 50.7. The largest absolute Gasteiger partial charge is 0.480 e. The number of hydroxylamine groups is 2. The van der Waals surface area contributed by atoms with Crippen molar-refractivity contribution in [3.63, 3.8) is 0 Å². The molecule has 0 fully saturated rings. The molecular weight excluding hydrogens is 614 g/mol. The number of H-pyrrole nitrogens is 1. The molecule has 0 spiro atoms. The van der Waals surface area contributed by atoms with Crippen molar-refractivity contribution in [2.24, 2.45) is 0 Å². The number of hydrogen-bond donors (Lipinski definition) is 4. The number of nitrogens with zero attached hydrogens (tertiary/aromatic N) is 4. The van der Waals surface area contributed by atoms with Crippen molar-refractivity contribution in [1.29, 1.82) is 0 Å². The van der Waals surface area contributed by atoms with Crippen LogP contribution in [0.3, 0.4) is 0 Å². The van der Waals surface area contributed by atoms with Crippen molar-refractivity contribution < 1.29 is 43.3 Å². The summed E-state index contributed by atoms with van der Waals surface area (Å²) < 4.78 is 16.0. The fourth-order valence-corrected chi connectivity index (χ4v) is 4.53. The van der Waals surface area contributed by atoms with Gasteiger partial charge in [0.25, 0.3) is 0 Å². The molecule has 0 unspecified atom stereocenters. The molecular formula is C31H57N7O9. The van der Waals surface area contributed by atoms with Crippen molar-refractivity contribution in [3.05, 3.63) is 5.82 Å². The number of carboxylic acids is 1. The molecule has 4 N–H and O–H groups in total. The summed E-state index contributed by atoms with van der Waals surface area (Å²) in [6, 6.07) is 0.